The number of esters is 1. The van der Waals surface area contributed by atoms with Gasteiger partial charge in [-0.3, -0.25) is 4.79 Å². The number of para-hydroxylation sites is 1. The van der Waals surface area contributed by atoms with E-state index in [9.17, 15) is 4.79 Å². The van der Waals surface area contributed by atoms with Gasteiger partial charge in [0.2, 0.25) is 0 Å². The molecule has 0 radical (unpaired) electrons. The highest BCUT2D eigenvalue weighted by atomic mass is 16.5. The zero-order valence-corrected chi connectivity index (χ0v) is 12.8. The fourth-order valence-electron chi connectivity index (χ4n) is 2.21. The summed E-state index contributed by atoms with van der Waals surface area (Å²) in [5, 5.41) is 3.50. The highest BCUT2D eigenvalue weighted by Gasteiger charge is 2.02. The summed E-state index contributed by atoms with van der Waals surface area (Å²) in [4.78, 5) is 11.2. The van der Waals surface area contributed by atoms with E-state index in [-0.39, 0.29) is 5.97 Å². The molecule has 0 aliphatic carbocycles. The molecule has 1 aromatic carbocycles. The van der Waals surface area contributed by atoms with E-state index < -0.39 is 0 Å². The number of hydrogen-bond donors (Lipinski definition) is 1. The van der Waals surface area contributed by atoms with Crippen molar-refractivity contribution in [3.8, 4) is 0 Å². The standard InChI is InChI=1S/C17H27NO2/c1-3-10-15-11-7-8-12-16(15)18-14-9-5-6-13-17(19)20-4-2/h7-8,11-12,18H,3-6,9-10,13-14H2,1-2H3. The molecule has 0 atom stereocenters. The molecule has 20 heavy (non-hydrogen) atoms. The lowest BCUT2D eigenvalue weighted by atomic mass is 10.1. The van der Waals surface area contributed by atoms with E-state index in [4.69, 9.17) is 4.74 Å². The molecule has 0 spiro atoms. The number of rotatable bonds is 10. The monoisotopic (exact) mass is 277 g/mol. The van der Waals surface area contributed by atoms with Crippen LogP contribution in [0.5, 0.6) is 0 Å². The van der Waals surface area contributed by atoms with E-state index in [1.165, 1.54) is 11.3 Å². The van der Waals surface area contributed by atoms with E-state index in [2.05, 4.69) is 36.5 Å². The number of hydrogen-bond acceptors (Lipinski definition) is 3. The Hall–Kier alpha value is -1.51. The third-order valence-corrected chi connectivity index (χ3v) is 3.22. The molecule has 112 valence electrons. The minimum atomic E-state index is -0.0752. The molecular weight excluding hydrogens is 250 g/mol. The van der Waals surface area contributed by atoms with Gasteiger partial charge in [-0.05, 0) is 37.8 Å². The minimum Gasteiger partial charge on any atom is -0.466 e. The molecule has 0 unspecified atom stereocenters. The van der Waals surface area contributed by atoms with Crippen molar-refractivity contribution < 1.29 is 9.53 Å². The van der Waals surface area contributed by atoms with E-state index in [1.54, 1.807) is 0 Å². The number of benzene rings is 1. The van der Waals surface area contributed by atoms with Gasteiger partial charge in [0.15, 0.2) is 0 Å². The number of ether oxygens (including phenoxy) is 1. The van der Waals surface area contributed by atoms with Crippen LogP contribution in [0, 0.1) is 0 Å². The zero-order chi connectivity index (χ0) is 14.6. The summed E-state index contributed by atoms with van der Waals surface area (Å²) >= 11 is 0. The minimum absolute atomic E-state index is 0.0752. The van der Waals surface area contributed by atoms with Gasteiger partial charge >= 0.3 is 5.97 Å². The third kappa shape index (κ3) is 6.60. The van der Waals surface area contributed by atoms with Crippen LogP contribution in [0.25, 0.3) is 0 Å². The van der Waals surface area contributed by atoms with Crippen LogP contribution >= 0.6 is 0 Å². The fourth-order valence-corrected chi connectivity index (χ4v) is 2.21. The first kappa shape index (κ1) is 16.5. The Morgan fingerprint density at radius 1 is 1.15 bits per heavy atom. The van der Waals surface area contributed by atoms with Gasteiger partial charge in [0.1, 0.15) is 0 Å². The highest BCUT2D eigenvalue weighted by Crippen LogP contribution is 2.16. The van der Waals surface area contributed by atoms with Crippen molar-refractivity contribution >= 4 is 11.7 Å². The van der Waals surface area contributed by atoms with Gasteiger partial charge < -0.3 is 10.1 Å². The molecule has 0 aliphatic rings. The Kier molecular flexibility index (Phi) is 8.52. The molecule has 0 saturated heterocycles. The summed E-state index contributed by atoms with van der Waals surface area (Å²) in [7, 11) is 0. The second-order valence-corrected chi connectivity index (χ2v) is 4.95. The van der Waals surface area contributed by atoms with Crippen LogP contribution in [0.4, 0.5) is 5.69 Å². The van der Waals surface area contributed by atoms with Gasteiger partial charge in [-0.2, -0.15) is 0 Å². The summed E-state index contributed by atoms with van der Waals surface area (Å²) in [5.41, 5.74) is 2.64. The summed E-state index contributed by atoms with van der Waals surface area (Å²) < 4.78 is 4.91. The average Bonchev–Trinajstić information content (AvgIpc) is 2.45. The first-order chi connectivity index (χ1) is 9.77. The second-order valence-electron chi connectivity index (χ2n) is 4.95. The molecule has 0 fully saturated rings. The van der Waals surface area contributed by atoms with E-state index in [1.807, 2.05) is 6.92 Å². The van der Waals surface area contributed by atoms with Gasteiger partial charge in [0, 0.05) is 18.7 Å². The Balaban J connectivity index is 2.16. The lowest BCUT2D eigenvalue weighted by molar-refractivity contribution is -0.143. The van der Waals surface area contributed by atoms with Crippen molar-refractivity contribution in [1.82, 2.24) is 0 Å². The molecule has 1 N–H and O–H groups in total. The van der Waals surface area contributed by atoms with E-state index in [0.717, 1.165) is 38.6 Å². The van der Waals surface area contributed by atoms with Crippen LogP contribution in [-0.2, 0) is 16.0 Å². The maximum Gasteiger partial charge on any atom is 0.305 e. The first-order valence-electron chi connectivity index (χ1n) is 7.75. The SMILES string of the molecule is CCCc1ccccc1NCCCCCC(=O)OCC. The largest absolute Gasteiger partial charge is 0.466 e. The molecule has 0 saturated carbocycles. The highest BCUT2D eigenvalue weighted by molar-refractivity contribution is 5.69. The van der Waals surface area contributed by atoms with Crippen LogP contribution in [0.2, 0.25) is 0 Å². The Morgan fingerprint density at radius 3 is 2.70 bits per heavy atom. The molecule has 3 heteroatoms. The maximum atomic E-state index is 11.2. The summed E-state index contributed by atoms with van der Waals surface area (Å²) in [6, 6.07) is 8.49. The average molecular weight is 277 g/mol. The van der Waals surface area contributed by atoms with E-state index >= 15 is 0 Å². The summed E-state index contributed by atoms with van der Waals surface area (Å²) in [6.45, 7) is 5.49. The Morgan fingerprint density at radius 2 is 1.95 bits per heavy atom. The Bertz CT molecular complexity index is 390. The number of nitrogens with one attached hydrogen (secondary N) is 1. The smallest absolute Gasteiger partial charge is 0.305 e. The molecule has 3 nitrogen and oxygen atoms in total. The lowest BCUT2D eigenvalue weighted by Crippen LogP contribution is -2.06. The Labute approximate surface area is 122 Å². The van der Waals surface area contributed by atoms with Crippen molar-refractivity contribution in [1.29, 1.82) is 0 Å². The van der Waals surface area contributed by atoms with Gasteiger partial charge in [0.25, 0.3) is 0 Å². The first-order valence-corrected chi connectivity index (χ1v) is 7.75. The number of unbranched alkanes of at least 4 members (excludes halogenated alkanes) is 2. The summed E-state index contributed by atoms with van der Waals surface area (Å²) in [5.74, 6) is -0.0752. The number of carbonyl (C=O) groups excluding carboxylic acids is 1. The molecule has 1 aromatic rings. The second kappa shape index (κ2) is 10.3. The molecular formula is C17H27NO2. The zero-order valence-electron chi connectivity index (χ0n) is 12.8. The number of anilines is 1. The summed E-state index contributed by atoms with van der Waals surface area (Å²) in [6.07, 6.45) is 5.88. The number of carbonyl (C=O) groups is 1. The van der Waals surface area contributed by atoms with Gasteiger partial charge in [-0.25, -0.2) is 0 Å². The van der Waals surface area contributed by atoms with E-state index in [0.29, 0.717) is 13.0 Å². The molecule has 0 bridgehead atoms. The lowest BCUT2D eigenvalue weighted by Gasteiger charge is -2.11. The van der Waals surface area contributed by atoms with Crippen molar-refractivity contribution in [2.45, 2.75) is 52.4 Å². The van der Waals surface area contributed by atoms with Crippen LogP contribution in [0.3, 0.4) is 0 Å². The van der Waals surface area contributed by atoms with Crippen molar-refractivity contribution in [2.75, 3.05) is 18.5 Å². The number of aryl methyl sites for hydroxylation is 1. The molecule has 0 amide bonds. The molecule has 0 heterocycles. The predicted molar refractivity (Wildman–Crippen MR) is 84.0 cm³/mol. The van der Waals surface area contributed by atoms with Crippen LogP contribution < -0.4 is 5.32 Å². The van der Waals surface area contributed by atoms with Crippen LogP contribution in [-0.4, -0.2) is 19.1 Å². The van der Waals surface area contributed by atoms with Crippen molar-refractivity contribution in [3.63, 3.8) is 0 Å². The van der Waals surface area contributed by atoms with Crippen LogP contribution in [0.15, 0.2) is 24.3 Å². The predicted octanol–water partition coefficient (Wildman–Crippen LogP) is 4.17. The normalized spacial score (nSPS) is 10.3. The van der Waals surface area contributed by atoms with Crippen LogP contribution in [0.1, 0.15) is 51.5 Å². The topological polar surface area (TPSA) is 38.3 Å². The third-order valence-electron chi connectivity index (χ3n) is 3.22. The molecule has 1 rings (SSSR count). The van der Waals surface area contributed by atoms with Crippen molar-refractivity contribution in [2.24, 2.45) is 0 Å². The van der Waals surface area contributed by atoms with Gasteiger partial charge in [-0.1, -0.05) is 38.0 Å². The fraction of sp³-hybridized carbons (Fsp3) is 0.588. The quantitative estimate of drug-likeness (QED) is 0.515. The molecule has 0 aromatic heterocycles. The van der Waals surface area contributed by atoms with Crippen molar-refractivity contribution in [3.05, 3.63) is 29.8 Å². The molecule has 0 aliphatic heterocycles. The maximum absolute atomic E-state index is 11.2. The van der Waals surface area contributed by atoms with Gasteiger partial charge in [-0.15, -0.1) is 0 Å². The van der Waals surface area contributed by atoms with Gasteiger partial charge in [0.05, 0.1) is 6.61 Å².